The highest BCUT2D eigenvalue weighted by Crippen LogP contribution is 2.52. The molecule has 0 radical (unpaired) electrons. The first-order valence-corrected chi connectivity index (χ1v) is 33.1. The van der Waals surface area contributed by atoms with E-state index in [1.54, 1.807) is 0 Å². The van der Waals surface area contributed by atoms with E-state index in [0.717, 1.165) is 134 Å². The number of nitrogens with zero attached hydrogens (tertiary/aromatic N) is 4. The molecule has 95 heavy (non-hydrogen) atoms. The summed E-state index contributed by atoms with van der Waals surface area (Å²) >= 11 is 0. The molecule has 0 saturated heterocycles. The Morgan fingerprint density at radius 2 is 0.779 bits per heavy atom. The zero-order chi connectivity index (χ0) is 63.8. The van der Waals surface area contributed by atoms with Crippen LogP contribution in [0.4, 0.5) is 68.2 Å². The number of fused-ring (bicyclic) bond motifs is 13. The van der Waals surface area contributed by atoms with E-state index >= 15 is 0 Å². The summed E-state index contributed by atoms with van der Waals surface area (Å²) in [6, 6.07) is 110. The van der Waals surface area contributed by atoms with Gasteiger partial charge in [-0.25, -0.2) is 0 Å². The molecule has 0 aliphatic carbocycles. The Bertz CT molecular complexity index is 5660. The lowest BCUT2D eigenvalue weighted by Crippen LogP contribution is -2.61. The van der Waals surface area contributed by atoms with Crippen molar-refractivity contribution >= 4 is 157 Å². The second-order valence-corrected chi connectivity index (χ2v) is 27.7. The van der Waals surface area contributed by atoms with Crippen LogP contribution in [0.1, 0.15) is 52.7 Å². The third-order valence-corrected chi connectivity index (χ3v) is 19.9. The van der Waals surface area contributed by atoms with Gasteiger partial charge in [-0.2, -0.15) is 0 Å². The minimum absolute atomic E-state index is 0.0685. The second-order valence-electron chi connectivity index (χ2n) is 27.7. The maximum atomic E-state index is 7.32. The molecule has 0 saturated carbocycles. The van der Waals surface area contributed by atoms with Crippen molar-refractivity contribution in [2.24, 2.45) is 0 Å². The van der Waals surface area contributed by atoms with Crippen LogP contribution in [-0.4, -0.2) is 6.71 Å². The molecule has 2 aliphatic heterocycles. The van der Waals surface area contributed by atoms with Crippen LogP contribution in [0.2, 0.25) is 0 Å². The summed E-state index contributed by atoms with van der Waals surface area (Å²) in [4.78, 5) is 10.0. The van der Waals surface area contributed by atoms with Crippen LogP contribution < -0.4 is 36.0 Å². The van der Waals surface area contributed by atoms with Crippen molar-refractivity contribution in [2.45, 2.75) is 52.4 Å². The lowest BCUT2D eigenvalue weighted by molar-refractivity contribution is 0.590. The van der Waals surface area contributed by atoms with Crippen molar-refractivity contribution in [1.29, 1.82) is 0 Å². The van der Waals surface area contributed by atoms with Crippen molar-refractivity contribution in [3.8, 4) is 11.1 Å². The first-order valence-electron chi connectivity index (χ1n) is 33.1. The summed E-state index contributed by atoms with van der Waals surface area (Å²) in [6.45, 7) is 13.5. The first-order chi connectivity index (χ1) is 46.3. The summed E-state index contributed by atoms with van der Waals surface area (Å²) in [5.74, 6) is 0. The number of hydrogen-bond donors (Lipinski definition) is 0. The lowest BCUT2D eigenvalue weighted by atomic mass is 9.33. The molecule has 0 bridgehead atoms. The highest BCUT2D eigenvalue weighted by molar-refractivity contribution is 7.00. The minimum atomic E-state index is -0.251. The van der Waals surface area contributed by atoms with E-state index in [9.17, 15) is 0 Å². The average molecular weight is 1220 g/mol. The summed E-state index contributed by atoms with van der Waals surface area (Å²) < 4.78 is 13.8. The molecule has 0 amide bonds. The number of para-hydroxylation sites is 2. The van der Waals surface area contributed by atoms with Gasteiger partial charge >= 0.3 is 0 Å². The molecule has 2 aliphatic rings. The standard InChI is InChI=1S/C88H67BN4O2/c1-87(2,3)62-33-39-64(40-34-62)92-78-53-70(90(66-26-18-25-61(49-66)56-19-8-7-9-20-56)69-44-48-83-75(52-69)73-28-15-16-29-81(73)94-83)43-46-76(78)89-77-47-45-74-72-27-14-17-30-82(72)95-86(74)85(77)93(65-41-35-63(36-42-65)88(4,5)6)80-55-71(54-79(92)84(80)89)91(67-37-31-57-21-10-12-23-59(57)50-67)68-38-32-58-22-11-13-24-60(58)51-68/h7-55H,1-6H3. The molecular formula is C88H67BN4O2. The number of benzene rings is 14. The fourth-order valence-electron chi connectivity index (χ4n) is 15.1. The highest BCUT2D eigenvalue weighted by atomic mass is 16.3. The molecule has 0 fully saturated rings. The topological polar surface area (TPSA) is 39.2 Å². The number of furan rings is 2. The molecule has 0 atom stereocenters. The Balaban J connectivity index is 0.961. The monoisotopic (exact) mass is 1220 g/mol. The van der Waals surface area contributed by atoms with Gasteiger partial charge in [0.25, 0.3) is 6.71 Å². The second kappa shape index (κ2) is 21.5. The predicted molar refractivity (Wildman–Crippen MR) is 402 cm³/mol. The molecule has 4 heterocycles. The third-order valence-electron chi connectivity index (χ3n) is 19.9. The van der Waals surface area contributed by atoms with E-state index in [1.807, 2.05) is 6.07 Å². The van der Waals surface area contributed by atoms with Crippen molar-refractivity contribution in [2.75, 3.05) is 19.6 Å². The maximum absolute atomic E-state index is 7.32. The van der Waals surface area contributed by atoms with Crippen LogP contribution in [0.5, 0.6) is 0 Å². The first kappa shape index (κ1) is 56.2. The van der Waals surface area contributed by atoms with Crippen LogP contribution in [0, 0.1) is 0 Å². The lowest BCUT2D eigenvalue weighted by Gasteiger charge is -2.45. The zero-order valence-electron chi connectivity index (χ0n) is 54.0. The van der Waals surface area contributed by atoms with Gasteiger partial charge in [0, 0.05) is 78.4 Å². The quantitative estimate of drug-likeness (QED) is 0.134. The van der Waals surface area contributed by atoms with Crippen LogP contribution >= 0.6 is 0 Å². The molecule has 6 nitrogen and oxygen atoms in total. The summed E-state index contributed by atoms with van der Waals surface area (Å²) in [5.41, 5.74) is 24.2. The van der Waals surface area contributed by atoms with Gasteiger partial charge < -0.3 is 28.4 Å². The Labute approximate surface area is 553 Å². The Morgan fingerprint density at radius 1 is 0.305 bits per heavy atom. The van der Waals surface area contributed by atoms with Gasteiger partial charge in [-0.15, -0.1) is 0 Å². The molecule has 0 unspecified atom stereocenters. The van der Waals surface area contributed by atoms with Gasteiger partial charge in [0.05, 0.1) is 11.4 Å². The normalized spacial score (nSPS) is 12.9. The van der Waals surface area contributed by atoms with Crippen molar-refractivity contribution in [3.63, 3.8) is 0 Å². The fourth-order valence-corrected chi connectivity index (χ4v) is 15.1. The van der Waals surface area contributed by atoms with Gasteiger partial charge in [-0.05, 0) is 186 Å². The molecule has 0 spiro atoms. The molecule has 16 aromatic rings. The summed E-state index contributed by atoms with van der Waals surface area (Å²) in [6.07, 6.45) is 0. The van der Waals surface area contributed by atoms with Gasteiger partial charge in [-0.3, -0.25) is 0 Å². The molecule has 7 heteroatoms. The minimum Gasteiger partial charge on any atom is -0.456 e. The van der Waals surface area contributed by atoms with Gasteiger partial charge in [0.1, 0.15) is 16.7 Å². The van der Waals surface area contributed by atoms with Gasteiger partial charge in [0.15, 0.2) is 5.58 Å². The number of rotatable bonds is 9. The molecule has 14 aromatic carbocycles. The molecule has 2 aromatic heterocycles. The van der Waals surface area contributed by atoms with Gasteiger partial charge in [-0.1, -0.05) is 224 Å². The average Bonchev–Trinajstić information content (AvgIpc) is 1.52. The summed E-state index contributed by atoms with van der Waals surface area (Å²) in [7, 11) is 0. The van der Waals surface area contributed by atoms with Crippen LogP contribution in [-0.2, 0) is 10.8 Å². The highest BCUT2D eigenvalue weighted by Gasteiger charge is 2.46. The van der Waals surface area contributed by atoms with E-state index in [0.29, 0.717) is 0 Å². The molecule has 454 valence electrons. The third kappa shape index (κ3) is 9.31. The smallest absolute Gasteiger partial charge is 0.252 e. The van der Waals surface area contributed by atoms with Crippen LogP contribution in [0.25, 0.3) is 76.5 Å². The fraction of sp³-hybridized carbons (Fsp3) is 0.0909. The molecule has 18 rings (SSSR count). The molecule has 0 N–H and O–H groups in total. The van der Waals surface area contributed by atoms with Crippen LogP contribution in [0.3, 0.4) is 0 Å². The SMILES string of the molecule is CC(C)(C)c1ccc(N2c3cc(N(c4cccc(-c5ccccc5)c4)c4ccc5oc6ccccc6c5c4)ccc3B3c4ccc5c(oc6ccccc65)c4N(c4ccc(C(C)(C)C)cc4)c4cc(N(c5ccc6ccccc6c5)c5ccc6ccccc6c5)cc2c43)cc1. The van der Waals surface area contributed by atoms with Crippen molar-refractivity contribution in [3.05, 3.63) is 308 Å². The Hall–Kier alpha value is -11.5. The Kier molecular flexibility index (Phi) is 12.7. The van der Waals surface area contributed by atoms with E-state index in [2.05, 4.69) is 352 Å². The van der Waals surface area contributed by atoms with E-state index < -0.39 is 0 Å². The maximum Gasteiger partial charge on any atom is 0.252 e. The van der Waals surface area contributed by atoms with Crippen molar-refractivity contribution < 1.29 is 8.83 Å². The van der Waals surface area contributed by atoms with E-state index in [4.69, 9.17) is 8.83 Å². The number of hydrogen-bond acceptors (Lipinski definition) is 6. The van der Waals surface area contributed by atoms with Crippen LogP contribution in [0.15, 0.2) is 306 Å². The number of anilines is 12. The zero-order valence-corrected chi connectivity index (χ0v) is 54.0. The van der Waals surface area contributed by atoms with Crippen molar-refractivity contribution in [1.82, 2.24) is 0 Å². The predicted octanol–water partition coefficient (Wildman–Crippen LogP) is 23.1. The van der Waals surface area contributed by atoms with E-state index in [1.165, 1.54) is 38.3 Å². The summed E-state index contributed by atoms with van der Waals surface area (Å²) in [5, 5.41) is 9.00. The molecular weight excluding hydrogens is 1160 g/mol. The Morgan fingerprint density at radius 3 is 1.43 bits per heavy atom. The largest absolute Gasteiger partial charge is 0.456 e. The van der Waals surface area contributed by atoms with E-state index in [-0.39, 0.29) is 17.5 Å². The van der Waals surface area contributed by atoms with Gasteiger partial charge in [0.2, 0.25) is 0 Å².